The number of nitrogens with two attached hydrogens (primary N) is 1. The number of rotatable bonds is 14. The van der Waals surface area contributed by atoms with Crippen LogP contribution in [0.15, 0.2) is 18.5 Å². The number of carbonyl (C=O) groups is 2. The molecular weight excluding hydrogens is 559 g/mol. The summed E-state index contributed by atoms with van der Waals surface area (Å²) < 4.78 is 48.1. The van der Waals surface area contributed by atoms with Crippen LogP contribution in [0.25, 0.3) is 5.52 Å². The highest BCUT2D eigenvalue weighted by Crippen LogP contribution is 2.48. The molecule has 2 aromatic heterocycles. The average Bonchev–Trinajstić information content (AvgIpc) is 3.39. The normalized spacial score (nSPS) is 11.2. The minimum atomic E-state index is -3.89. The lowest BCUT2D eigenvalue weighted by atomic mass is 10.3. The van der Waals surface area contributed by atoms with Gasteiger partial charge in [0.05, 0.1) is 18.8 Å². The molecule has 0 radical (unpaired) electrons. The topological polar surface area (TPSA) is 172 Å². The molecule has 0 aliphatic rings. The Morgan fingerprint density at radius 1 is 1.02 bits per heavy atom. The Morgan fingerprint density at radius 3 is 2.15 bits per heavy atom. The zero-order chi connectivity index (χ0) is 32.3. The molecule has 0 aromatic carbocycles. The Bertz CT molecular complexity index is 957. The molecule has 15 heteroatoms. The minimum absolute atomic E-state index is 0.118. The van der Waals surface area contributed by atoms with Crippen LogP contribution in [0.2, 0.25) is 0 Å². The van der Waals surface area contributed by atoms with Crippen molar-refractivity contribution in [3.8, 4) is 0 Å². The van der Waals surface area contributed by atoms with E-state index in [1.807, 2.05) is 61.5 Å². The summed E-state index contributed by atoms with van der Waals surface area (Å²) in [5, 5.41) is 4.11. The van der Waals surface area contributed by atoms with Gasteiger partial charge in [0.15, 0.2) is 5.82 Å². The van der Waals surface area contributed by atoms with Crippen molar-refractivity contribution in [2.24, 2.45) is 0 Å². The summed E-state index contributed by atoms with van der Waals surface area (Å²) >= 11 is 0. The molecule has 41 heavy (non-hydrogen) atoms. The van der Waals surface area contributed by atoms with Crippen molar-refractivity contribution in [1.29, 1.82) is 0 Å². The van der Waals surface area contributed by atoms with Crippen molar-refractivity contribution in [2.45, 2.75) is 87.9 Å². The van der Waals surface area contributed by atoms with Crippen LogP contribution in [0, 0.1) is 0 Å². The van der Waals surface area contributed by atoms with E-state index < -0.39 is 39.8 Å². The molecule has 0 aliphatic carbocycles. The Balaban J connectivity index is -0.00000114. The molecule has 0 saturated carbocycles. The monoisotopic (exact) mass is 610 g/mol. The smallest absolute Gasteiger partial charge is 0.440 e. The van der Waals surface area contributed by atoms with E-state index in [1.165, 1.54) is 6.33 Å². The van der Waals surface area contributed by atoms with Crippen molar-refractivity contribution < 1.29 is 46.9 Å². The number of nitrogens with zero attached hydrogens (tertiary/aromatic N) is 3. The van der Waals surface area contributed by atoms with Gasteiger partial charge < -0.3 is 29.4 Å². The predicted molar refractivity (Wildman–Crippen MR) is 157 cm³/mol. The highest BCUT2D eigenvalue weighted by atomic mass is 31.2. The van der Waals surface area contributed by atoms with Crippen molar-refractivity contribution in [1.82, 2.24) is 14.6 Å². The number of anilines is 1. The van der Waals surface area contributed by atoms with Gasteiger partial charge in [-0.05, 0) is 39.8 Å². The SMILES string of the molecule is CC.CC.CC.CC(C)OC(=O)OCOP(=O)(COCCc1ccc2c(N)ncnn12)OCOC=O.COC(C)C. The first kappa shape index (κ1) is 42.7. The van der Waals surface area contributed by atoms with Gasteiger partial charge in [-0.15, -0.1) is 0 Å². The first-order valence-electron chi connectivity index (χ1n) is 13.6. The summed E-state index contributed by atoms with van der Waals surface area (Å²) in [6.45, 7) is 18.2. The molecule has 2 aromatic rings. The quantitative estimate of drug-likeness (QED) is 0.0891. The van der Waals surface area contributed by atoms with Gasteiger partial charge in [-0.2, -0.15) is 5.10 Å². The fourth-order valence-corrected chi connectivity index (χ4v) is 3.19. The predicted octanol–water partition coefficient (Wildman–Crippen LogP) is 5.82. The van der Waals surface area contributed by atoms with Crippen LogP contribution in [0.1, 0.15) is 74.9 Å². The second-order valence-corrected chi connectivity index (χ2v) is 9.26. The Labute approximate surface area is 244 Å². The van der Waals surface area contributed by atoms with E-state index in [0.29, 0.717) is 23.9 Å². The Hall–Kier alpha value is -2.77. The van der Waals surface area contributed by atoms with Gasteiger partial charge >= 0.3 is 13.8 Å². The van der Waals surface area contributed by atoms with Gasteiger partial charge in [-0.3, -0.25) is 18.4 Å². The van der Waals surface area contributed by atoms with Crippen molar-refractivity contribution in [3.63, 3.8) is 0 Å². The van der Waals surface area contributed by atoms with Gasteiger partial charge in [0.1, 0.15) is 18.2 Å². The minimum Gasteiger partial charge on any atom is -0.440 e. The van der Waals surface area contributed by atoms with Crippen molar-refractivity contribution in [2.75, 3.05) is 39.4 Å². The summed E-state index contributed by atoms with van der Waals surface area (Å²) in [5.74, 6) is 0.342. The van der Waals surface area contributed by atoms with E-state index in [2.05, 4.69) is 19.6 Å². The van der Waals surface area contributed by atoms with Gasteiger partial charge in [-0.25, -0.2) is 14.3 Å². The zero-order valence-corrected chi connectivity index (χ0v) is 27.3. The first-order chi connectivity index (χ1) is 19.6. The number of aromatic nitrogens is 3. The molecule has 1 unspecified atom stereocenters. The summed E-state index contributed by atoms with van der Waals surface area (Å²) in [5.41, 5.74) is 7.22. The number of carbonyl (C=O) groups excluding carboxylic acids is 2. The molecule has 1 atom stereocenters. The van der Waals surface area contributed by atoms with Crippen molar-refractivity contribution in [3.05, 3.63) is 24.2 Å². The molecule has 0 fully saturated rings. The van der Waals surface area contributed by atoms with E-state index in [1.54, 1.807) is 31.5 Å². The number of nitrogen functional groups attached to an aromatic ring is 1. The van der Waals surface area contributed by atoms with Crippen LogP contribution >= 0.6 is 7.60 Å². The standard InChI is InChI=1S/C16H23N4O9P.C4H10O.3C2H6/c1-12(2)29-16(22)26-10-28-30(23,27-9-25-8-21)11-24-6-5-13-3-4-14-15(17)18-7-19-20(13)14;1-4(2)5-3;3*1-2/h3-4,7-8,12H,5-6,9-11H2,1-2H3,(H2,17,18,19);4H,1-3H3;3*1-2H3. The highest BCUT2D eigenvalue weighted by Gasteiger charge is 2.27. The lowest BCUT2D eigenvalue weighted by molar-refractivity contribution is -0.135. The second kappa shape index (κ2) is 27.4. The Kier molecular flexibility index (Phi) is 28.5. The van der Waals surface area contributed by atoms with Gasteiger partial charge in [-0.1, -0.05) is 41.5 Å². The fourth-order valence-electron chi connectivity index (χ4n) is 2.18. The average molecular weight is 611 g/mol. The number of methoxy groups -OCH3 is 1. The Morgan fingerprint density at radius 2 is 1.61 bits per heavy atom. The van der Waals surface area contributed by atoms with Crippen LogP contribution in [-0.2, 0) is 48.5 Å². The molecule has 0 saturated heterocycles. The van der Waals surface area contributed by atoms with E-state index in [0.717, 1.165) is 5.69 Å². The van der Waals surface area contributed by atoms with Gasteiger partial charge in [0, 0.05) is 19.2 Å². The largest absolute Gasteiger partial charge is 0.510 e. The fraction of sp³-hybridized carbons (Fsp3) is 0.692. The van der Waals surface area contributed by atoms with Crippen LogP contribution in [-0.4, -0.2) is 73.1 Å². The molecule has 2 heterocycles. The maximum Gasteiger partial charge on any atom is 0.510 e. The molecule has 2 N–H and O–H groups in total. The maximum atomic E-state index is 12.7. The zero-order valence-electron chi connectivity index (χ0n) is 26.4. The first-order valence-corrected chi connectivity index (χ1v) is 15.3. The summed E-state index contributed by atoms with van der Waals surface area (Å²) in [7, 11) is -2.19. The van der Waals surface area contributed by atoms with Crippen LogP contribution in [0.4, 0.5) is 10.6 Å². The highest BCUT2D eigenvalue weighted by molar-refractivity contribution is 7.53. The van der Waals surface area contributed by atoms with E-state index in [4.69, 9.17) is 29.0 Å². The molecule has 2 rings (SSSR count). The molecular formula is C26H51N4O10P. The summed E-state index contributed by atoms with van der Waals surface area (Å²) in [4.78, 5) is 25.5. The van der Waals surface area contributed by atoms with E-state index in [-0.39, 0.29) is 13.1 Å². The van der Waals surface area contributed by atoms with Crippen LogP contribution in [0.3, 0.4) is 0 Å². The van der Waals surface area contributed by atoms with Gasteiger partial charge in [0.2, 0.25) is 13.6 Å². The van der Waals surface area contributed by atoms with Crippen LogP contribution in [0.5, 0.6) is 0 Å². The number of fused-ring (bicyclic) bond motifs is 1. The number of ether oxygens (including phenoxy) is 5. The molecule has 240 valence electrons. The molecule has 0 aliphatic heterocycles. The maximum absolute atomic E-state index is 12.7. The number of hydrogen-bond acceptors (Lipinski definition) is 13. The molecule has 0 spiro atoms. The lowest BCUT2D eigenvalue weighted by Crippen LogP contribution is -2.16. The summed E-state index contributed by atoms with van der Waals surface area (Å²) in [6, 6.07) is 3.58. The van der Waals surface area contributed by atoms with Gasteiger partial charge in [0.25, 0.3) is 6.47 Å². The molecule has 14 nitrogen and oxygen atoms in total. The third-order valence-electron chi connectivity index (χ3n) is 3.93. The van der Waals surface area contributed by atoms with E-state index >= 15 is 0 Å². The van der Waals surface area contributed by atoms with Crippen LogP contribution < -0.4 is 5.73 Å². The molecule has 0 bridgehead atoms. The third kappa shape index (κ3) is 20.7. The lowest BCUT2D eigenvalue weighted by Gasteiger charge is -2.18. The second-order valence-electron chi connectivity index (χ2n) is 7.27. The number of hydrogen-bond donors (Lipinski definition) is 1. The van der Waals surface area contributed by atoms with E-state index in [9.17, 15) is 14.2 Å². The van der Waals surface area contributed by atoms with Crippen molar-refractivity contribution >= 4 is 31.6 Å². The summed E-state index contributed by atoms with van der Waals surface area (Å²) in [6.07, 6.45) is 0.263. The molecule has 0 amide bonds. The third-order valence-corrected chi connectivity index (χ3v) is 5.42.